The molecule has 2 aromatic carbocycles. The molecule has 0 amide bonds. The second kappa shape index (κ2) is 7.63. The third-order valence-electron chi connectivity index (χ3n) is 2.98. The summed E-state index contributed by atoms with van der Waals surface area (Å²) >= 11 is 5.77. The number of hydrogen-bond donors (Lipinski definition) is 1. The molecule has 0 aromatic heterocycles. The average molecular weight is 340 g/mol. The summed E-state index contributed by atoms with van der Waals surface area (Å²) in [5.41, 5.74) is 1.86. The molecule has 0 aliphatic carbocycles. The van der Waals surface area contributed by atoms with E-state index in [0.29, 0.717) is 10.8 Å². The highest BCUT2D eigenvalue weighted by Gasteiger charge is 2.10. The fraction of sp³-hybridized carbons (Fsp3) is 0.250. The van der Waals surface area contributed by atoms with Gasteiger partial charge in [0, 0.05) is 11.6 Å². The third kappa shape index (κ3) is 5.67. The maximum atomic E-state index is 12.0. The summed E-state index contributed by atoms with van der Waals surface area (Å²) < 4.78 is 31.9. The number of rotatable bonds is 7. The van der Waals surface area contributed by atoms with Crippen molar-refractivity contribution >= 4 is 21.6 Å². The molecule has 0 fully saturated rings. The number of sulfonamides is 1. The molecule has 4 nitrogen and oxygen atoms in total. The summed E-state index contributed by atoms with van der Waals surface area (Å²) in [4.78, 5) is 0. The van der Waals surface area contributed by atoms with Crippen molar-refractivity contribution in [3.8, 4) is 5.75 Å². The van der Waals surface area contributed by atoms with Gasteiger partial charge in [0.15, 0.2) is 0 Å². The lowest BCUT2D eigenvalue weighted by Crippen LogP contribution is -2.29. The molecule has 0 aliphatic heterocycles. The molecule has 22 heavy (non-hydrogen) atoms. The van der Waals surface area contributed by atoms with Crippen LogP contribution in [0.5, 0.6) is 5.75 Å². The zero-order chi connectivity index (χ0) is 16.0. The molecular formula is C16H18ClNO3S. The van der Waals surface area contributed by atoms with Gasteiger partial charge in [0.2, 0.25) is 10.0 Å². The SMILES string of the molecule is Cc1ccc(CS(=O)(=O)NCCOc2ccc(Cl)cc2)cc1. The normalized spacial score (nSPS) is 11.4. The standard InChI is InChI=1S/C16H18ClNO3S/c1-13-2-4-14(5-3-13)12-22(19,20)18-10-11-21-16-8-6-15(17)7-9-16/h2-9,18H,10-12H2,1H3. The molecule has 0 spiro atoms. The van der Waals surface area contributed by atoms with Gasteiger partial charge in [0.1, 0.15) is 12.4 Å². The Bertz CT molecular complexity index is 697. The molecule has 2 rings (SSSR count). The molecule has 0 radical (unpaired) electrons. The van der Waals surface area contributed by atoms with E-state index >= 15 is 0 Å². The summed E-state index contributed by atoms with van der Waals surface area (Å²) in [6.07, 6.45) is 0. The minimum atomic E-state index is -3.36. The number of ether oxygens (including phenoxy) is 1. The molecule has 2 aromatic rings. The molecule has 0 atom stereocenters. The summed E-state index contributed by atoms with van der Waals surface area (Å²) in [5, 5.41) is 0.631. The zero-order valence-electron chi connectivity index (χ0n) is 12.3. The van der Waals surface area contributed by atoms with E-state index in [1.165, 1.54) is 0 Å². The first-order valence-electron chi connectivity index (χ1n) is 6.86. The number of benzene rings is 2. The Labute approximate surface area is 136 Å². The molecule has 1 N–H and O–H groups in total. The largest absolute Gasteiger partial charge is 0.492 e. The van der Waals surface area contributed by atoms with Crippen LogP contribution in [-0.4, -0.2) is 21.6 Å². The predicted octanol–water partition coefficient (Wildman–Crippen LogP) is 3.15. The van der Waals surface area contributed by atoms with Crippen LogP contribution >= 0.6 is 11.6 Å². The molecule has 118 valence electrons. The maximum Gasteiger partial charge on any atom is 0.215 e. The first-order valence-corrected chi connectivity index (χ1v) is 8.89. The Morgan fingerprint density at radius 2 is 1.68 bits per heavy atom. The van der Waals surface area contributed by atoms with Crippen LogP contribution in [0.4, 0.5) is 0 Å². The molecule has 0 unspecified atom stereocenters. The molecule has 0 aliphatic rings. The Kier molecular flexibility index (Phi) is 5.83. The molecule has 6 heteroatoms. The second-order valence-corrected chi connectivity index (χ2v) is 7.18. The quantitative estimate of drug-likeness (QED) is 0.788. The zero-order valence-corrected chi connectivity index (χ0v) is 13.8. The van der Waals surface area contributed by atoms with Gasteiger partial charge >= 0.3 is 0 Å². The summed E-state index contributed by atoms with van der Waals surface area (Å²) in [6.45, 7) is 2.44. The molecule has 0 heterocycles. The Morgan fingerprint density at radius 3 is 2.32 bits per heavy atom. The lowest BCUT2D eigenvalue weighted by atomic mass is 10.2. The van der Waals surface area contributed by atoms with Crippen molar-refractivity contribution in [2.45, 2.75) is 12.7 Å². The maximum absolute atomic E-state index is 12.0. The molecule has 0 saturated heterocycles. The van der Waals surface area contributed by atoms with Gasteiger partial charge in [-0.3, -0.25) is 0 Å². The van der Waals surface area contributed by atoms with Crippen LogP contribution in [0.25, 0.3) is 0 Å². The monoisotopic (exact) mass is 339 g/mol. The predicted molar refractivity (Wildman–Crippen MR) is 88.8 cm³/mol. The van der Waals surface area contributed by atoms with Gasteiger partial charge in [0.25, 0.3) is 0 Å². The van der Waals surface area contributed by atoms with Crippen LogP contribution in [0.2, 0.25) is 5.02 Å². The number of halogens is 1. The van der Waals surface area contributed by atoms with Crippen molar-refractivity contribution in [1.29, 1.82) is 0 Å². The van der Waals surface area contributed by atoms with Gasteiger partial charge in [-0.05, 0) is 36.8 Å². The lowest BCUT2D eigenvalue weighted by molar-refractivity contribution is 0.323. The first kappa shape index (κ1) is 16.8. The van der Waals surface area contributed by atoms with E-state index < -0.39 is 10.0 Å². The lowest BCUT2D eigenvalue weighted by Gasteiger charge is -2.09. The van der Waals surface area contributed by atoms with Crippen LogP contribution < -0.4 is 9.46 Å². The number of aryl methyl sites for hydroxylation is 1. The van der Waals surface area contributed by atoms with E-state index in [0.717, 1.165) is 11.1 Å². The minimum absolute atomic E-state index is 0.0335. The Morgan fingerprint density at radius 1 is 1.05 bits per heavy atom. The van der Waals surface area contributed by atoms with Crippen molar-refractivity contribution in [3.05, 3.63) is 64.7 Å². The highest BCUT2D eigenvalue weighted by Crippen LogP contribution is 2.15. The van der Waals surface area contributed by atoms with E-state index in [9.17, 15) is 8.42 Å². The Hall–Kier alpha value is -1.56. The number of hydrogen-bond acceptors (Lipinski definition) is 3. The van der Waals surface area contributed by atoms with Crippen LogP contribution in [-0.2, 0) is 15.8 Å². The van der Waals surface area contributed by atoms with Gasteiger partial charge < -0.3 is 4.74 Å². The van der Waals surface area contributed by atoms with Crippen molar-refractivity contribution in [3.63, 3.8) is 0 Å². The van der Waals surface area contributed by atoms with Gasteiger partial charge in [0.05, 0.1) is 5.75 Å². The van der Waals surface area contributed by atoms with E-state index in [1.807, 2.05) is 31.2 Å². The second-order valence-electron chi connectivity index (χ2n) is 4.94. The van der Waals surface area contributed by atoms with Crippen LogP contribution in [0.1, 0.15) is 11.1 Å². The van der Waals surface area contributed by atoms with E-state index in [2.05, 4.69) is 4.72 Å². The fourth-order valence-corrected chi connectivity index (χ4v) is 3.11. The molecule has 0 bridgehead atoms. The molecular weight excluding hydrogens is 322 g/mol. The fourth-order valence-electron chi connectivity index (χ4n) is 1.85. The van der Waals surface area contributed by atoms with Crippen molar-refractivity contribution in [1.82, 2.24) is 4.72 Å². The number of nitrogens with one attached hydrogen (secondary N) is 1. The van der Waals surface area contributed by atoms with Crippen molar-refractivity contribution in [2.24, 2.45) is 0 Å². The highest BCUT2D eigenvalue weighted by molar-refractivity contribution is 7.88. The van der Waals surface area contributed by atoms with Gasteiger partial charge in [-0.2, -0.15) is 0 Å². The van der Waals surface area contributed by atoms with E-state index in [4.69, 9.17) is 16.3 Å². The minimum Gasteiger partial charge on any atom is -0.492 e. The van der Waals surface area contributed by atoms with Crippen LogP contribution in [0.15, 0.2) is 48.5 Å². The summed E-state index contributed by atoms with van der Waals surface area (Å²) in [6, 6.07) is 14.4. The van der Waals surface area contributed by atoms with E-state index in [-0.39, 0.29) is 18.9 Å². The van der Waals surface area contributed by atoms with Crippen molar-refractivity contribution in [2.75, 3.05) is 13.2 Å². The first-order chi connectivity index (χ1) is 10.4. The molecule has 0 saturated carbocycles. The average Bonchev–Trinajstić information content (AvgIpc) is 2.48. The summed E-state index contributed by atoms with van der Waals surface area (Å²) in [7, 11) is -3.36. The van der Waals surface area contributed by atoms with Crippen LogP contribution in [0, 0.1) is 6.92 Å². The Balaban J connectivity index is 1.77. The summed E-state index contributed by atoms with van der Waals surface area (Å²) in [5.74, 6) is 0.621. The van der Waals surface area contributed by atoms with Gasteiger partial charge in [-0.15, -0.1) is 0 Å². The highest BCUT2D eigenvalue weighted by atomic mass is 35.5. The van der Waals surface area contributed by atoms with Crippen LogP contribution in [0.3, 0.4) is 0 Å². The smallest absolute Gasteiger partial charge is 0.215 e. The topological polar surface area (TPSA) is 55.4 Å². The van der Waals surface area contributed by atoms with E-state index in [1.54, 1.807) is 24.3 Å². The van der Waals surface area contributed by atoms with Gasteiger partial charge in [-0.1, -0.05) is 41.4 Å². The third-order valence-corrected chi connectivity index (χ3v) is 4.59. The van der Waals surface area contributed by atoms with Gasteiger partial charge in [-0.25, -0.2) is 13.1 Å². The van der Waals surface area contributed by atoms with Crippen molar-refractivity contribution < 1.29 is 13.2 Å².